The average molecular weight is 603 g/mol. The van der Waals surface area contributed by atoms with Crippen LogP contribution in [0.15, 0.2) is 81.4 Å². The number of hydrogen-bond acceptors (Lipinski definition) is 9. The van der Waals surface area contributed by atoms with Crippen LogP contribution in [0.2, 0.25) is 0 Å². The molecular formula is C24H18N4O9S3. The number of hydrogen-bond donors (Lipinski definition) is 4. The smallest absolute Gasteiger partial charge is 0.295 e. The van der Waals surface area contributed by atoms with E-state index in [-0.39, 0.29) is 43.8 Å². The quantitative estimate of drug-likeness (QED) is 0.125. The topological polar surface area (TPSA) is 220 Å². The van der Waals surface area contributed by atoms with Crippen molar-refractivity contribution in [3.05, 3.63) is 77.9 Å². The van der Waals surface area contributed by atoms with Crippen molar-refractivity contribution in [2.45, 2.75) is 14.7 Å². The summed E-state index contributed by atoms with van der Waals surface area (Å²) in [6.45, 7) is 0. The van der Waals surface area contributed by atoms with Crippen LogP contribution in [0.4, 0.5) is 5.69 Å². The first-order valence-electron chi connectivity index (χ1n) is 11.1. The molecule has 16 heteroatoms. The second kappa shape index (κ2) is 9.47. The van der Waals surface area contributed by atoms with Gasteiger partial charge >= 0.3 is 0 Å². The molecule has 0 fully saturated rings. The maximum Gasteiger partial charge on any atom is 0.295 e. The lowest BCUT2D eigenvalue weighted by Gasteiger charge is -2.07. The zero-order chi connectivity index (χ0) is 29.0. The molecule has 5 N–H and O–H groups in total. The summed E-state index contributed by atoms with van der Waals surface area (Å²) in [5.74, 6) is 0. The van der Waals surface area contributed by atoms with Crippen LogP contribution in [0, 0.1) is 0 Å². The summed E-state index contributed by atoms with van der Waals surface area (Å²) in [5, 5.41) is 9.16. The highest BCUT2D eigenvalue weighted by Gasteiger charge is 2.21. The Morgan fingerprint density at radius 1 is 0.650 bits per heavy atom. The van der Waals surface area contributed by atoms with Crippen molar-refractivity contribution >= 4 is 70.0 Å². The molecule has 0 unspecified atom stereocenters. The van der Waals surface area contributed by atoms with Crippen LogP contribution in [-0.4, -0.2) is 53.9 Å². The molecule has 0 atom stereocenters. The van der Waals surface area contributed by atoms with Crippen LogP contribution in [0.3, 0.4) is 0 Å². The Morgan fingerprint density at radius 3 is 1.80 bits per heavy atom. The zero-order valence-electron chi connectivity index (χ0n) is 19.9. The van der Waals surface area contributed by atoms with Gasteiger partial charge in [-0.1, -0.05) is 48.6 Å². The normalized spacial score (nSPS) is 13.0. The number of benzene rings is 4. The van der Waals surface area contributed by atoms with Crippen LogP contribution in [-0.2, 0) is 30.4 Å². The molecule has 0 bridgehead atoms. The Hall–Kier alpha value is -4.19. The average Bonchev–Trinajstić information content (AvgIpc) is 3.30. The van der Waals surface area contributed by atoms with Crippen molar-refractivity contribution in [1.29, 1.82) is 0 Å². The molecule has 0 spiro atoms. The predicted molar refractivity (Wildman–Crippen MR) is 146 cm³/mol. The largest absolute Gasteiger partial charge is 0.399 e. The lowest BCUT2D eigenvalue weighted by Crippen LogP contribution is -2.05. The van der Waals surface area contributed by atoms with Gasteiger partial charge in [0.05, 0.1) is 5.69 Å². The fraction of sp³-hybridized carbons (Fsp3) is 0. The number of nitrogens with two attached hydrogens (primary N) is 1. The predicted octanol–water partition coefficient (Wildman–Crippen LogP) is 3.07. The van der Waals surface area contributed by atoms with Crippen molar-refractivity contribution in [3.8, 4) is 5.69 Å². The minimum Gasteiger partial charge on any atom is -0.399 e. The molecule has 1 heterocycles. The van der Waals surface area contributed by atoms with Crippen LogP contribution >= 0.6 is 0 Å². The van der Waals surface area contributed by atoms with Crippen molar-refractivity contribution in [1.82, 2.24) is 15.0 Å². The fourth-order valence-corrected chi connectivity index (χ4v) is 6.28. The van der Waals surface area contributed by atoms with Crippen molar-refractivity contribution in [2.75, 3.05) is 5.73 Å². The summed E-state index contributed by atoms with van der Waals surface area (Å²) in [4.78, 5) is -0.426. The van der Waals surface area contributed by atoms with Gasteiger partial charge in [0.15, 0.2) is 0 Å². The molecule has 5 aromatic rings. The van der Waals surface area contributed by atoms with Gasteiger partial charge in [-0.15, -0.1) is 10.2 Å². The molecule has 0 radical (unpaired) electrons. The van der Waals surface area contributed by atoms with Gasteiger partial charge in [0.1, 0.15) is 25.7 Å². The number of rotatable bonds is 6. The lowest BCUT2D eigenvalue weighted by molar-refractivity contribution is 0.480. The van der Waals surface area contributed by atoms with Crippen LogP contribution in [0.25, 0.3) is 39.6 Å². The van der Waals surface area contributed by atoms with E-state index >= 15 is 0 Å². The lowest BCUT2D eigenvalue weighted by atomic mass is 10.1. The summed E-state index contributed by atoms with van der Waals surface area (Å²) >= 11 is 0. The third kappa shape index (κ3) is 5.18. The van der Waals surface area contributed by atoms with Gasteiger partial charge in [-0.2, -0.15) is 30.0 Å². The molecule has 0 saturated heterocycles. The monoisotopic (exact) mass is 602 g/mol. The van der Waals surface area contributed by atoms with E-state index in [2.05, 4.69) is 10.2 Å². The first kappa shape index (κ1) is 27.4. The van der Waals surface area contributed by atoms with Gasteiger partial charge in [-0.3, -0.25) is 13.7 Å². The Morgan fingerprint density at radius 2 is 1.20 bits per heavy atom. The number of fused-ring (bicyclic) bond motifs is 3. The number of anilines is 1. The van der Waals surface area contributed by atoms with Gasteiger partial charge in [-0.05, 0) is 41.5 Å². The summed E-state index contributed by atoms with van der Waals surface area (Å²) in [7, 11) is -14.1. The number of aromatic nitrogens is 3. The van der Waals surface area contributed by atoms with Crippen molar-refractivity contribution in [2.24, 2.45) is 0 Å². The highest BCUT2D eigenvalue weighted by Crippen LogP contribution is 2.31. The number of nitrogen functional groups attached to an aromatic ring is 1. The molecule has 0 aliphatic carbocycles. The highest BCUT2D eigenvalue weighted by atomic mass is 32.2. The van der Waals surface area contributed by atoms with E-state index in [0.717, 1.165) is 23.0 Å². The molecule has 40 heavy (non-hydrogen) atoms. The molecule has 0 saturated carbocycles. The highest BCUT2D eigenvalue weighted by molar-refractivity contribution is 7.86. The maximum atomic E-state index is 12.2. The van der Waals surface area contributed by atoms with Crippen LogP contribution in [0.1, 0.15) is 11.1 Å². The molecule has 1 aromatic heterocycles. The van der Waals surface area contributed by atoms with E-state index in [9.17, 15) is 38.9 Å². The van der Waals surface area contributed by atoms with E-state index < -0.39 is 40.1 Å². The van der Waals surface area contributed by atoms with E-state index in [4.69, 9.17) is 5.73 Å². The zero-order valence-corrected chi connectivity index (χ0v) is 22.4. The Bertz CT molecular complexity index is 2210. The van der Waals surface area contributed by atoms with E-state index in [0.29, 0.717) is 5.39 Å². The third-order valence-electron chi connectivity index (χ3n) is 5.90. The van der Waals surface area contributed by atoms with Gasteiger partial charge in [0.2, 0.25) is 0 Å². The maximum absolute atomic E-state index is 12.2. The first-order valence-corrected chi connectivity index (χ1v) is 15.4. The molecule has 0 aliphatic rings. The van der Waals surface area contributed by atoms with Gasteiger partial charge in [-0.25, -0.2) is 0 Å². The van der Waals surface area contributed by atoms with Crippen molar-refractivity contribution < 1.29 is 38.9 Å². The molecule has 206 valence electrons. The number of nitrogens with zero attached hydrogens (tertiary/aromatic N) is 3. The molecule has 5 rings (SSSR count). The molecule has 0 aliphatic heterocycles. The second-order valence-corrected chi connectivity index (χ2v) is 12.7. The third-order valence-corrected chi connectivity index (χ3v) is 8.61. The fourth-order valence-electron chi connectivity index (χ4n) is 4.14. The Kier molecular flexibility index (Phi) is 6.48. The molecule has 13 nitrogen and oxygen atoms in total. The SMILES string of the molecule is Nc1ccc(C=Cc2ccc(-n3nc4cc(S(=O)(=O)O)c5ccccc5c4n3)cc2S(=O)(=O)O)c(S(=O)(=O)O)c1. The Labute approximate surface area is 227 Å². The van der Waals surface area contributed by atoms with Gasteiger partial charge < -0.3 is 5.73 Å². The molecular weight excluding hydrogens is 584 g/mol. The minimum absolute atomic E-state index is 0.00331. The summed E-state index contributed by atoms with van der Waals surface area (Å²) in [6, 6.07) is 14.9. The molecule has 0 amide bonds. The summed E-state index contributed by atoms with van der Waals surface area (Å²) in [6.07, 6.45) is 2.43. The molecule has 4 aromatic carbocycles. The van der Waals surface area contributed by atoms with E-state index in [1.807, 2.05) is 0 Å². The summed E-state index contributed by atoms with van der Waals surface area (Å²) < 4.78 is 101. The van der Waals surface area contributed by atoms with Gasteiger partial charge in [0, 0.05) is 16.5 Å². The Balaban J connectivity index is 1.65. The van der Waals surface area contributed by atoms with E-state index in [1.54, 1.807) is 18.2 Å². The van der Waals surface area contributed by atoms with E-state index in [1.165, 1.54) is 42.5 Å². The summed E-state index contributed by atoms with van der Waals surface area (Å²) in [5.41, 5.74) is 6.07. The second-order valence-electron chi connectivity index (χ2n) is 8.56. The van der Waals surface area contributed by atoms with Gasteiger partial charge in [0.25, 0.3) is 30.4 Å². The minimum atomic E-state index is -4.82. The van der Waals surface area contributed by atoms with Crippen LogP contribution in [0.5, 0.6) is 0 Å². The standard InChI is InChI=1S/C24H18N4O9S3/c25-16-9-7-14(21(11-16)38(29,30)31)5-6-15-8-10-17(12-22(15)39(32,33)34)28-26-20-13-23(40(35,36)37)18-3-1-2-4-19(18)24(20)27-28/h1-13H,25H2,(H,29,30,31)(H,32,33,34)(H,35,36,37). The van der Waals surface area contributed by atoms with Crippen molar-refractivity contribution in [3.63, 3.8) is 0 Å². The van der Waals surface area contributed by atoms with Crippen LogP contribution < -0.4 is 5.73 Å². The first-order chi connectivity index (χ1) is 18.6.